The molecule has 0 bridgehead atoms. The van der Waals surface area contributed by atoms with Crippen molar-refractivity contribution in [3.05, 3.63) is 73.2 Å². The Kier molecular flexibility index (Phi) is 7.18. The van der Waals surface area contributed by atoms with E-state index >= 15 is 0 Å². The van der Waals surface area contributed by atoms with Crippen molar-refractivity contribution < 1.29 is 19.2 Å². The number of nitro benzene ring substituents is 1. The number of carbonyl (C=O) groups excluding carboxylic acids is 2. The van der Waals surface area contributed by atoms with Gasteiger partial charge in [-0.25, -0.2) is 4.79 Å². The third-order valence-electron chi connectivity index (χ3n) is 3.14. The molecule has 140 valence electrons. The van der Waals surface area contributed by atoms with E-state index in [2.05, 4.69) is 5.32 Å². The fraction of sp³-hybridized carbons (Fsp3) is 0.0588. The summed E-state index contributed by atoms with van der Waals surface area (Å²) in [6.45, 7) is -0.594. The van der Waals surface area contributed by atoms with Crippen LogP contribution in [-0.4, -0.2) is 23.4 Å². The topological polar surface area (TPSA) is 98.5 Å². The van der Waals surface area contributed by atoms with Gasteiger partial charge < -0.3 is 10.1 Å². The zero-order valence-electron chi connectivity index (χ0n) is 13.4. The number of rotatable bonds is 6. The molecule has 0 spiro atoms. The van der Waals surface area contributed by atoms with Crippen LogP contribution in [0.1, 0.15) is 5.56 Å². The van der Waals surface area contributed by atoms with Gasteiger partial charge in [-0.1, -0.05) is 40.9 Å². The van der Waals surface area contributed by atoms with E-state index in [-0.39, 0.29) is 16.4 Å². The first kappa shape index (κ1) is 20.7. The van der Waals surface area contributed by atoms with Gasteiger partial charge in [-0.05, 0) is 29.8 Å². The number of ether oxygens (including phenoxy) is 1. The average molecular weight is 430 g/mol. The number of anilines is 1. The van der Waals surface area contributed by atoms with Gasteiger partial charge in [-0.3, -0.25) is 14.9 Å². The molecule has 1 N–H and O–H groups in total. The minimum absolute atomic E-state index is 0.0401. The first-order chi connectivity index (χ1) is 12.8. The molecule has 0 fully saturated rings. The van der Waals surface area contributed by atoms with E-state index in [1.165, 1.54) is 18.2 Å². The van der Waals surface area contributed by atoms with E-state index in [0.29, 0.717) is 15.6 Å². The van der Waals surface area contributed by atoms with Gasteiger partial charge in [0.1, 0.15) is 0 Å². The van der Waals surface area contributed by atoms with Crippen molar-refractivity contribution in [2.75, 3.05) is 11.9 Å². The molecule has 0 atom stereocenters. The fourth-order valence-corrected chi connectivity index (χ4v) is 2.35. The molecule has 0 unspecified atom stereocenters. The van der Waals surface area contributed by atoms with Gasteiger partial charge >= 0.3 is 5.97 Å². The summed E-state index contributed by atoms with van der Waals surface area (Å²) >= 11 is 17.5. The molecule has 10 heteroatoms. The Balaban J connectivity index is 1.90. The Hall–Kier alpha value is -2.61. The van der Waals surface area contributed by atoms with Crippen molar-refractivity contribution >= 4 is 64.1 Å². The Bertz CT molecular complexity index is 931. The monoisotopic (exact) mass is 428 g/mol. The summed E-state index contributed by atoms with van der Waals surface area (Å²) in [6, 6.07) is 8.37. The summed E-state index contributed by atoms with van der Waals surface area (Å²) in [5.74, 6) is -1.46. The van der Waals surface area contributed by atoms with Crippen molar-refractivity contribution in [2.45, 2.75) is 0 Å². The molecule has 2 aromatic carbocycles. The second kappa shape index (κ2) is 9.36. The zero-order valence-corrected chi connectivity index (χ0v) is 15.7. The number of nitrogens with one attached hydrogen (secondary N) is 1. The second-order valence-corrected chi connectivity index (χ2v) is 6.31. The highest BCUT2D eigenvalue weighted by atomic mass is 35.5. The van der Waals surface area contributed by atoms with E-state index in [1.54, 1.807) is 18.2 Å². The Morgan fingerprint density at radius 2 is 1.78 bits per heavy atom. The Morgan fingerprint density at radius 3 is 2.44 bits per heavy atom. The number of hydrogen-bond acceptors (Lipinski definition) is 5. The summed E-state index contributed by atoms with van der Waals surface area (Å²) in [4.78, 5) is 33.6. The lowest BCUT2D eigenvalue weighted by atomic mass is 10.2. The molecule has 2 rings (SSSR count). The van der Waals surface area contributed by atoms with Gasteiger partial charge in [0.15, 0.2) is 6.61 Å². The number of halogens is 3. The van der Waals surface area contributed by atoms with E-state index in [1.807, 2.05) is 0 Å². The molecule has 0 aliphatic carbocycles. The molecule has 27 heavy (non-hydrogen) atoms. The van der Waals surface area contributed by atoms with Crippen LogP contribution in [0, 0.1) is 10.1 Å². The molecule has 7 nitrogen and oxygen atoms in total. The van der Waals surface area contributed by atoms with Crippen molar-refractivity contribution in [1.29, 1.82) is 0 Å². The number of esters is 1. The van der Waals surface area contributed by atoms with Crippen LogP contribution in [0.5, 0.6) is 0 Å². The lowest BCUT2D eigenvalue weighted by molar-refractivity contribution is -0.384. The van der Waals surface area contributed by atoms with Crippen molar-refractivity contribution in [1.82, 2.24) is 0 Å². The summed E-state index contributed by atoms with van der Waals surface area (Å²) in [5.41, 5.74) is 0.420. The van der Waals surface area contributed by atoms with Gasteiger partial charge in [0, 0.05) is 18.2 Å². The molecule has 0 radical (unpaired) electrons. The molecule has 0 aliphatic rings. The van der Waals surface area contributed by atoms with E-state index in [0.717, 1.165) is 12.1 Å². The molecular formula is C17H11Cl3N2O5. The third kappa shape index (κ3) is 6.25. The van der Waals surface area contributed by atoms with E-state index < -0.39 is 23.4 Å². The zero-order chi connectivity index (χ0) is 20.0. The van der Waals surface area contributed by atoms with Gasteiger partial charge in [0.2, 0.25) is 0 Å². The largest absolute Gasteiger partial charge is 0.452 e. The smallest absolute Gasteiger partial charge is 0.331 e. The molecular weight excluding hydrogens is 419 g/mol. The molecule has 0 aromatic heterocycles. The van der Waals surface area contributed by atoms with E-state index in [4.69, 9.17) is 39.5 Å². The second-order valence-electron chi connectivity index (χ2n) is 5.08. The number of carbonyl (C=O) groups is 2. The third-order valence-corrected chi connectivity index (χ3v) is 4.20. The van der Waals surface area contributed by atoms with Crippen LogP contribution in [0.25, 0.3) is 6.08 Å². The number of non-ortho nitro benzene ring substituents is 1. The summed E-state index contributed by atoms with van der Waals surface area (Å²) in [7, 11) is 0. The molecule has 0 saturated heterocycles. The quantitative estimate of drug-likeness (QED) is 0.309. The van der Waals surface area contributed by atoms with Crippen LogP contribution in [-0.2, 0) is 14.3 Å². The number of nitrogens with zero attached hydrogens (tertiary/aromatic N) is 1. The van der Waals surface area contributed by atoms with Crippen LogP contribution < -0.4 is 5.32 Å². The van der Waals surface area contributed by atoms with Crippen LogP contribution in [0.2, 0.25) is 15.1 Å². The summed E-state index contributed by atoms with van der Waals surface area (Å²) in [6.07, 6.45) is 2.56. The highest BCUT2D eigenvalue weighted by molar-refractivity contribution is 6.42. The SMILES string of the molecule is O=C(COC(=O)/C=C/c1ccc(Cl)c(Cl)c1)Nc1cc([N+](=O)[O-])ccc1Cl. The average Bonchev–Trinajstić information content (AvgIpc) is 2.62. The van der Waals surface area contributed by atoms with Crippen molar-refractivity contribution in [2.24, 2.45) is 0 Å². The lowest BCUT2D eigenvalue weighted by Gasteiger charge is -2.07. The highest BCUT2D eigenvalue weighted by Crippen LogP contribution is 2.26. The normalized spacial score (nSPS) is 10.6. The fourth-order valence-electron chi connectivity index (χ4n) is 1.87. The number of nitro groups is 1. The summed E-state index contributed by atoms with van der Waals surface area (Å²) < 4.78 is 4.80. The molecule has 2 aromatic rings. The maximum Gasteiger partial charge on any atom is 0.331 e. The lowest BCUT2D eigenvalue weighted by Crippen LogP contribution is -2.20. The van der Waals surface area contributed by atoms with Crippen LogP contribution >= 0.6 is 34.8 Å². The standard InChI is InChI=1S/C17H11Cl3N2O5/c18-12-4-1-10(7-14(12)20)2-6-17(24)27-9-16(23)21-15-8-11(22(25)26)3-5-13(15)19/h1-8H,9H2,(H,21,23)/b6-2+. The molecule has 0 aliphatic heterocycles. The Morgan fingerprint density at radius 1 is 1.07 bits per heavy atom. The van der Waals surface area contributed by atoms with E-state index in [9.17, 15) is 19.7 Å². The number of benzene rings is 2. The van der Waals surface area contributed by atoms with Crippen molar-refractivity contribution in [3.63, 3.8) is 0 Å². The predicted molar refractivity (Wildman–Crippen MR) is 103 cm³/mol. The minimum Gasteiger partial charge on any atom is -0.452 e. The highest BCUT2D eigenvalue weighted by Gasteiger charge is 2.13. The minimum atomic E-state index is -0.763. The molecule has 0 heterocycles. The Labute approximate surface area is 168 Å². The number of hydrogen-bond donors (Lipinski definition) is 1. The van der Waals surface area contributed by atoms with Gasteiger partial charge in [0.05, 0.1) is 25.7 Å². The van der Waals surface area contributed by atoms with Crippen LogP contribution in [0.4, 0.5) is 11.4 Å². The molecule has 0 saturated carbocycles. The van der Waals surface area contributed by atoms with Crippen LogP contribution in [0.15, 0.2) is 42.5 Å². The van der Waals surface area contributed by atoms with Gasteiger partial charge in [-0.2, -0.15) is 0 Å². The van der Waals surface area contributed by atoms with Gasteiger partial charge in [0.25, 0.3) is 11.6 Å². The van der Waals surface area contributed by atoms with Gasteiger partial charge in [-0.15, -0.1) is 0 Å². The molecule has 1 amide bonds. The predicted octanol–water partition coefficient (Wildman–Crippen LogP) is 4.75. The van der Waals surface area contributed by atoms with Crippen LogP contribution in [0.3, 0.4) is 0 Å². The summed E-state index contributed by atoms with van der Waals surface area (Å²) in [5, 5.41) is 13.9. The maximum atomic E-state index is 11.8. The van der Waals surface area contributed by atoms with Crippen molar-refractivity contribution in [3.8, 4) is 0 Å². The first-order valence-electron chi connectivity index (χ1n) is 7.30. The first-order valence-corrected chi connectivity index (χ1v) is 8.43. The maximum absolute atomic E-state index is 11.8. The number of amides is 1.